The number of Topliss-reactive ketones (excluding diaryl/α,β-unsaturated/α-hetero) is 1. The number of ketones is 1. The van der Waals surface area contributed by atoms with Gasteiger partial charge in [0.05, 0.1) is 6.20 Å². The van der Waals surface area contributed by atoms with E-state index in [1.165, 1.54) is 18.5 Å². The number of carbonyl (C=O) groups is 1. The van der Waals surface area contributed by atoms with Crippen LogP contribution in [0.4, 0.5) is 4.39 Å². The predicted octanol–water partition coefficient (Wildman–Crippen LogP) is 3.84. The average Bonchev–Trinajstić information content (AvgIpc) is 3.04. The molecular formula is C18H14FNO2. The molecule has 0 amide bonds. The van der Waals surface area contributed by atoms with Crippen molar-refractivity contribution >= 4 is 5.78 Å². The first kappa shape index (κ1) is 14.2. The van der Waals surface area contributed by atoms with Gasteiger partial charge in [-0.25, -0.2) is 9.37 Å². The van der Waals surface area contributed by atoms with Crippen molar-refractivity contribution in [3.63, 3.8) is 0 Å². The van der Waals surface area contributed by atoms with Crippen LogP contribution in [0.1, 0.15) is 11.1 Å². The Morgan fingerprint density at radius 1 is 1.05 bits per heavy atom. The Morgan fingerprint density at radius 2 is 1.82 bits per heavy atom. The molecule has 1 heterocycles. The third-order valence-electron chi connectivity index (χ3n) is 3.36. The maximum Gasteiger partial charge on any atom is 0.181 e. The van der Waals surface area contributed by atoms with Gasteiger partial charge in [0.15, 0.2) is 12.2 Å². The predicted molar refractivity (Wildman–Crippen MR) is 80.8 cm³/mol. The molecule has 3 nitrogen and oxygen atoms in total. The molecule has 0 aliphatic rings. The number of carbonyl (C=O) groups excluding carboxylic acids is 1. The summed E-state index contributed by atoms with van der Waals surface area (Å²) in [5.41, 5.74) is 2.63. The quantitative estimate of drug-likeness (QED) is 0.718. The number of hydrogen-bond acceptors (Lipinski definition) is 3. The minimum absolute atomic E-state index is 0.0846. The third kappa shape index (κ3) is 3.47. The lowest BCUT2D eigenvalue weighted by Crippen LogP contribution is -2.06. The van der Waals surface area contributed by atoms with Crippen LogP contribution in [0.3, 0.4) is 0 Å². The minimum atomic E-state index is -0.295. The van der Waals surface area contributed by atoms with E-state index in [2.05, 4.69) is 4.98 Å². The van der Waals surface area contributed by atoms with Crippen molar-refractivity contribution in [2.75, 3.05) is 0 Å². The van der Waals surface area contributed by atoms with E-state index in [9.17, 15) is 9.18 Å². The van der Waals surface area contributed by atoms with E-state index in [0.717, 1.165) is 16.7 Å². The molecule has 0 fully saturated rings. The number of hydrogen-bond donors (Lipinski definition) is 0. The molecule has 0 unspecified atom stereocenters. The molecule has 0 aliphatic carbocycles. The normalized spacial score (nSPS) is 10.6. The summed E-state index contributed by atoms with van der Waals surface area (Å²) in [6.07, 6.45) is 3.65. The first-order chi connectivity index (χ1) is 10.7. The van der Waals surface area contributed by atoms with Crippen LogP contribution in [0.2, 0.25) is 0 Å². The largest absolute Gasteiger partial charge is 0.444 e. The zero-order chi connectivity index (χ0) is 15.4. The summed E-state index contributed by atoms with van der Waals surface area (Å²) < 4.78 is 18.1. The van der Waals surface area contributed by atoms with E-state index >= 15 is 0 Å². The van der Waals surface area contributed by atoms with E-state index in [0.29, 0.717) is 18.6 Å². The molecular weight excluding hydrogens is 281 g/mol. The summed E-state index contributed by atoms with van der Waals surface area (Å²) in [4.78, 5) is 16.0. The number of oxazole rings is 1. The van der Waals surface area contributed by atoms with Gasteiger partial charge in [-0.1, -0.05) is 30.3 Å². The average molecular weight is 295 g/mol. The second-order valence-electron chi connectivity index (χ2n) is 5.08. The molecule has 0 N–H and O–H groups in total. The van der Waals surface area contributed by atoms with Gasteiger partial charge >= 0.3 is 0 Å². The number of benzene rings is 2. The number of halogens is 1. The summed E-state index contributed by atoms with van der Waals surface area (Å²) in [5.74, 6) is 0.463. The lowest BCUT2D eigenvalue weighted by atomic mass is 10.0. The highest BCUT2D eigenvalue weighted by atomic mass is 19.1. The highest BCUT2D eigenvalue weighted by Gasteiger charge is 2.08. The Labute approximate surface area is 127 Å². The second kappa shape index (κ2) is 6.35. The fourth-order valence-corrected chi connectivity index (χ4v) is 2.31. The monoisotopic (exact) mass is 295 g/mol. The summed E-state index contributed by atoms with van der Waals surface area (Å²) >= 11 is 0. The van der Waals surface area contributed by atoms with E-state index in [4.69, 9.17) is 4.42 Å². The van der Waals surface area contributed by atoms with E-state index in [1.807, 2.05) is 24.3 Å². The van der Waals surface area contributed by atoms with Crippen LogP contribution in [0.15, 0.2) is 65.5 Å². The van der Waals surface area contributed by atoms with Crippen LogP contribution in [-0.2, 0) is 17.6 Å². The fraction of sp³-hybridized carbons (Fsp3) is 0.111. The fourth-order valence-electron chi connectivity index (χ4n) is 2.31. The van der Waals surface area contributed by atoms with Crippen LogP contribution in [-0.4, -0.2) is 10.8 Å². The molecule has 22 heavy (non-hydrogen) atoms. The molecule has 2 aromatic carbocycles. The van der Waals surface area contributed by atoms with Crippen molar-refractivity contribution in [3.05, 3.63) is 78.1 Å². The van der Waals surface area contributed by atoms with Gasteiger partial charge in [0.25, 0.3) is 0 Å². The van der Waals surface area contributed by atoms with Crippen molar-refractivity contribution in [1.29, 1.82) is 0 Å². The maximum atomic E-state index is 12.9. The van der Waals surface area contributed by atoms with Gasteiger partial charge in [0, 0.05) is 18.4 Å². The molecule has 0 spiro atoms. The second-order valence-corrected chi connectivity index (χ2v) is 5.08. The Bertz CT molecular complexity index is 764. The smallest absolute Gasteiger partial charge is 0.181 e. The SMILES string of the molecule is O=C(Cc1ccc(F)cc1)Cc1cccc(-c2cnco2)c1. The van der Waals surface area contributed by atoms with Gasteiger partial charge in [-0.15, -0.1) is 0 Å². The van der Waals surface area contributed by atoms with Gasteiger partial charge in [-0.2, -0.15) is 0 Å². The maximum absolute atomic E-state index is 12.9. The van der Waals surface area contributed by atoms with Gasteiger partial charge in [-0.3, -0.25) is 4.79 Å². The highest BCUT2D eigenvalue weighted by Crippen LogP contribution is 2.20. The van der Waals surface area contributed by atoms with Crippen LogP contribution in [0, 0.1) is 5.82 Å². The summed E-state index contributed by atoms with van der Waals surface area (Å²) in [6.45, 7) is 0. The van der Waals surface area contributed by atoms with Crippen LogP contribution < -0.4 is 0 Å². The summed E-state index contributed by atoms with van der Waals surface area (Å²) in [5, 5.41) is 0. The number of rotatable bonds is 5. The molecule has 0 radical (unpaired) electrons. The zero-order valence-electron chi connectivity index (χ0n) is 11.8. The van der Waals surface area contributed by atoms with Gasteiger partial charge in [-0.05, 0) is 29.3 Å². The van der Waals surface area contributed by atoms with Gasteiger partial charge in [0.2, 0.25) is 0 Å². The molecule has 0 atom stereocenters. The third-order valence-corrected chi connectivity index (χ3v) is 3.36. The summed E-state index contributed by atoms with van der Waals surface area (Å²) in [7, 11) is 0. The molecule has 3 rings (SSSR count). The molecule has 4 heteroatoms. The minimum Gasteiger partial charge on any atom is -0.444 e. The Morgan fingerprint density at radius 3 is 2.55 bits per heavy atom. The van der Waals surface area contributed by atoms with Crippen molar-refractivity contribution in [2.45, 2.75) is 12.8 Å². The van der Waals surface area contributed by atoms with Crippen molar-refractivity contribution < 1.29 is 13.6 Å². The van der Waals surface area contributed by atoms with Gasteiger partial charge < -0.3 is 4.42 Å². The molecule has 110 valence electrons. The van der Waals surface area contributed by atoms with Crippen LogP contribution >= 0.6 is 0 Å². The lowest BCUT2D eigenvalue weighted by molar-refractivity contribution is -0.117. The standard InChI is InChI=1S/C18H14FNO2/c19-16-6-4-13(5-7-16)9-17(21)10-14-2-1-3-15(8-14)18-11-20-12-22-18/h1-8,11-12H,9-10H2. The first-order valence-electron chi connectivity index (χ1n) is 6.94. The van der Waals surface area contributed by atoms with Crippen molar-refractivity contribution in [2.24, 2.45) is 0 Å². The molecule has 0 aliphatic heterocycles. The lowest BCUT2D eigenvalue weighted by Gasteiger charge is -2.04. The molecule has 1 aromatic heterocycles. The molecule has 3 aromatic rings. The number of aromatic nitrogens is 1. The van der Waals surface area contributed by atoms with Crippen LogP contribution in [0.25, 0.3) is 11.3 Å². The van der Waals surface area contributed by atoms with E-state index < -0.39 is 0 Å². The molecule has 0 saturated carbocycles. The molecule has 0 saturated heterocycles. The Balaban J connectivity index is 1.69. The molecule has 0 bridgehead atoms. The number of nitrogens with zero attached hydrogens (tertiary/aromatic N) is 1. The van der Waals surface area contributed by atoms with E-state index in [1.54, 1.807) is 18.3 Å². The van der Waals surface area contributed by atoms with E-state index in [-0.39, 0.29) is 11.6 Å². The van der Waals surface area contributed by atoms with Crippen molar-refractivity contribution in [1.82, 2.24) is 4.98 Å². The van der Waals surface area contributed by atoms with Crippen LogP contribution in [0.5, 0.6) is 0 Å². The Kier molecular flexibility index (Phi) is 4.10. The van der Waals surface area contributed by atoms with Gasteiger partial charge in [0.1, 0.15) is 11.6 Å². The summed E-state index contributed by atoms with van der Waals surface area (Å²) in [6, 6.07) is 13.6. The topological polar surface area (TPSA) is 43.1 Å². The van der Waals surface area contributed by atoms with Crippen molar-refractivity contribution in [3.8, 4) is 11.3 Å². The Hall–Kier alpha value is -2.75. The highest BCUT2D eigenvalue weighted by molar-refractivity contribution is 5.83. The first-order valence-corrected chi connectivity index (χ1v) is 6.94. The zero-order valence-corrected chi connectivity index (χ0v) is 11.8.